The van der Waals surface area contributed by atoms with Crippen LogP contribution in [0.3, 0.4) is 0 Å². The Hall–Kier alpha value is -2.08. The molecule has 1 aromatic carbocycles. The first-order valence-electron chi connectivity index (χ1n) is 6.13. The van der Waals surface area contributed by atoms with Gasteiger partial charge in [-0.1, -0.05) is 12.1 Å². The second-order valence-corrected chi connectivity index (χ2v) is 4.27. The van der Waals surface area contributed by atoms with Crippen LogP contribution in [0.5, 0.6) is 0 Å². The lowest BCUT2D eigenvalue weighted by Crippen LogP contribution is -2.36. The van der Waals surface area contributed by atoms with Crippen LogP contribution < -0.4 is 21.7 Å². The maximum absolute atomic E-state index is 11.0. The first kappa shape index (κ1) is 15.0. The standard InChI is InChI=1S/C13H20N4O2/c1-9(15-6-7-16-13(14)19)11-4-3-5-12(8-11)17-10(2)18/h3-5,8-9,15H,6-7H2,1-2H3,(H,17,18)(H3,14,16,19). The van der Waals surface area contributed by atoms with Crippen LogP contribution in [0.4, 0.5) is 10.5 Å². The fourth-order valence-corrected chi connectivity index (χ4v) is 1.68. The predicted octanol–water partition coefficient (Wildman–Crippen LogP) is 0.964. The van der Waals surface area contributed by atoms with Gasteiger partial charge in [-0.3, -0.25) is 4.79 Å². The van der Waals surface area contributed by atoms with E-state index in [0.29, 0.717) is 13.1 Å². The number of carbonyl (C=O) groups excluding carboxylic acids is 2. The molecular weight excluding hydrogens is 244 g/mol. The zero-order valence-electron chi connectivity index (χ0n) is 11.2. The number of hydrogen-bond acceptors (Lipinski definition) is 3. The summed E-state index contributed by atoms with van der Waals surface area (Å²) in [6.45, 7) is 4.58. The first-order valence-corrected chi connectivity index (χ1v) is 6.13. The third kappa shape index (κ3) is 5.87. The number of hydrogen-bond donors (Lipinski definition) is 4. The zero-order chi connectivity index (χ0) is 14.3. The maximum Gasteiger partial charge on any atom is 0.312 e. The van der Waals surface area contributed by atoms with Gasteiger partial charge in [0.2, 0.25) is 5.91 Å². The minimum absolute atomic E-state index is 0.0941. The van der Waals surface area contributed by atoms with Crippen molar-refractivity contribution in [2.45, 2.75) is 19.9 Å². The van der Waals surface area contributed by atoms with E-state index in [2.05, 4.69) is 16.0 Å². The van der Waals surface area contributed by atoms with Crippen LogP contribution in [0.15, 0.2) is 24.3 Å². The van der Waals surface area contributed by atoms with Gasteiger partial charge in [0.05, 0.1) is 0 Å². The zero-order valence-corrected chi connectivity index (χ0v) is 11.2. The third-order valence-corrected chi connectivity index (χ3v) is 2.58. The largest absolute Gasteiger partial charge is 0.352 e. The van der Waals surface area contributed by atoms with E-state index in [1.165, 1.54) is 6.92 Å². The lowest BCUT2D eigenvalue weighted by atomic mass is 10.1. The molecule has 6 heteroatoms. The Bertz CT molecular complexity index is 448. The fourth-order valence-electron chi connectivity index (χ4n) is 1.68. The number of anilines is 1. The van der Waals surface area contributed by atoms with E-state index >= 15 is 0 Å². The Balaban J connectivity index is 2.49. The minimum atomic E-state index is -0.526. The summed E-state index contributed by atoms with van der Waals surface area (Å²) in [4.78, 5) is 21.5. The smallest absolute Gasteiger partial charge is 0.312 e. The van der Waals surface area contributed by atoms with Crippen molar-refractivity contribution in [3.63, 3.8) is 0 Å². The van der Waals surface area contributed by atoms with Gasteiger partial charge in [-0.2, -0.15) is 0 Å². The van der Waals surface area contributed by atoms with Crippen molar-refractivity contribution in [2.75, 3.05) is 18.4 Å². The number of amides is 3. The summed E-state index contributed by atoms with van der Waals surface area (Å²) in [6, 6.07) is 7.21. The molecule has 0 saturated heterocycles. The third-order valence-electron chi connectivity index (χ3n) is 2.58. The Morgan fingerprint density at radius 3 is 2.68 bits per heavy atom. The van der Waals surface area contributed by atoms with Crippen molar-refractivity contribution < 1.29 is 9.59 Å². The Morgan fingerprint density at radius 2 is 2.05 bits per heavy atom. The second-order valence-electron chi connectivity index (χ2n) is 4.27. The molecular formula is C13H20N4O2. The number of primary amides is 1. The Morgan fingerprint density at radius 1 is 1.32 bits per heavy atom. The lowest BCUT2D eigenvalue weighted by molar-refractivity contribution is -0.114. The molecule has 3 amide bonds. The van der Waals surface area contributed by atoms with Crippen LogP contribution in [-0.4, -0.2) is 25.0 Å². The fraction of sp³-hybridized carbons (Fsp3) is 0.385. The van der Waals surface area contributed by atoms with Crippen LogP contribution in [0.25, 0.3) is 0 Å². The molecule has 0 aliphatic rings. The van der Waals surface area contributed by atoms with E-state index in [4.69, 9.17) is 5.73 Å². The molecule has 0 radical (unpaired) electrons. The number of carbonyl (C=O) groups is 2. The molecule has 0 spiro atoms. The lowest BCUT2D eigenvalue weighted by Gasteiger charge is -2.15. The molecule has 1 unspecified atom stereocenters. The molecule has 19 heavy (non-hydrogen) atoms. The van der Waals surface area contributed by atoms with E-state index in [-0.39, 0.29) is 11.9 Å². The normalized spacial score (nSPS) is 11.7. The first-order chi connectivity index (χ1) is 8.99. The molecule has 1 aromatic rings. The number of nitrogens with one attached hydrogen (secondary N) is 3. The van der Waals surface area contributed by atoms with Crippen LogP contribution >= 0.6 is 0 Å². The summed E-state index contributed by atoms with van der Waals surface area (Å²) >= 11 is 0. The Kier molecular flexibility index (Phi) is 5.81. The molecule has 0 saturated carbocycles. The van der Waals surface area contributed by atoms with Crippen molar-refractivity contribution in [3.05, 3.63) is 29.8 Å². The highest BCUT2D eigenvalue weighted by atomic mass is 16.2. The van der Waals surface area contributed by atoms with Gasteiger partial charge in [-0.15, -0.1) is 0 Å². The van der Waals surface area contributed by atoms with E-state index < -0.39 is 6.03 Å². The summed E-state index contributed by atoms with van der Waals surface area (Å²) in [7, 11) is 0. The maximum atomic E-state index is 11.0. The summed E-state index contributed by atoms with van der Waals surface area (Å²) in [5, 5.41) is 8.50. The SMILES string of the molecule is CC(=O)Nc1cccc(C(C)NCCNC(N)=O)c1. The Labute approximate surface area is 112 Å². The molecule has 0 bridgehead atoms. The molecule has 1 atom stereocenters. The highest BCUT2D eigenvalue weighted by Gasteiger charge is 2.05. The quantitative estimate of drug-likeness (QED) is 0.576. The van der Waals surface area contributed by atoms with Gasteiger partial charge >= 0.3 is 6.03 Å². The van der Waals surface area contributed by atoms with Gasteiger partial charge in [0.25, 0.3) is 0 Å². The van der Waals surface area contributed by atoms with Crippen molar-refractivity contribution in [1.82, 2.24) is 10.6 Å². The molecule has 0 aliphatic heterocycles. The molecule has 0 heterocycles. The van der Waals surface area contributed by atoms with Gasteiger partial charge in [0.15, 0.2) is 0 Å². The summed E-state index contributed by atoms with van der Waals surface area (Å²) in [6.07, 6.45) is 0. The topological polar surface area (TPSA) is 96.2 Å². The van der Waals surface area contributed by atoms with E-state index in [1.54, 1.807) is 0 Å². The van der Waals surface area contributed by atoms with Crippen molar-refractivity contribution >= 4 is 17.6 Å². The monoisotopic (exact) mass is 264 g/mol. The van der Waals surface area contributed by atoms with E-state index in [0.717, 1.165) is 11.3 Å². The molecule has 1 rings (SSSR count). The van der Waals surface area contributed by atoms with Gasteiger partial charge in [0.1, 0.15) is 0 Å². The van der Waals surface area contributed by atoms with Gasteiger partial charge < -0.3 is 21.7 Å². The van der Waals surface area contributed by atoms with Crippen LogP contribution in [0, 0.1) is 0 Å². The number of nitrogens with two attached hydrogens (primary N) is 1. The average molecular weight is 264 g/mol. The average Bonchev–Trinajstić information content (AvgIpc) is 2.33. The summed E-state index contributed by atoms with van der Waals surface area (Å²) in [5.74, 6) is -0.0941. The molecule has 6 nitrogen and oxygen atoms in total. The highest BCUT2D eigenvalue weighted by Crippen LogP contribution is 2.17. The summed E-state index contributed by atoms with van der Waals surface area (Å²) < 4.78 is 0. The molecule has 104 valence electrons. The van der Waals surface area contributed by atoms with E-state index in [9.17, 15) is 9.59 Å². The van der Waals surface area contributed by atoms with Crippen molar-refractivity contribution in [3.8, 4) is 0 Å². The number of rotatable bonds is 6. The molecule has 0 fully saturated rings. The minimum Gasteiger partial charge on any atom is -0.352 e. The number of urea groups is 1. The second kappa shape index (κ2) is 7.38. The van der Waals surface area contributed by atoms with Gasteiger partial charge in [-0.05, 0) is 24.6 Å². The predicted molar refractivity (Wildman–Crippen MR) is 74.7 cm³/mol. The van der Waals surface area contributed by atoms with Crippen molar-refractivity contribution in [2.24, 2.45) is 5.73 Å². The van der Waals surface area contributed by atoms with Crippen LogP contribution in [0.2, 0.25) is 0 Å². The molecule has 5 N–H and O–H groups in total. The van der Waals surface area contributed by atoms with Gasteiger partial charge in [0, 0.05) is 31.7 Å². The molecule has 0 aliphatic carbocycles. The highest BCUT2D eigenvalue weighted by molar-refractivity contribution is 5.88. The van der Waals surface area contributed by atoms with Crippen molar-refractivity contribution in [1.29, 1.82) is 0 Å². The number of benzene rings is 1. The molecule has 0 aromatic heterocycles. The van der Waals surface area contributed by atoms with Crippen LogP contribution in [0.1, 0.15) is 25.5 Å². The van der Waals surface area contributed by atoms with E-state index in [1.807, 2.05) is 31.2 Å². The van der Waals surface area contributed by atoms with Crippen LogP contribution in [-0.2, 0) is 4.79 Å². The van der Waals surface area contributed by atoms with Gasteiger partial charge in [-0.25, -0.2) is 4.79 Å². The summed E-state index contributed by atoms with van der Waals surface area (Å²) in [5.41, 5.74) is 6.80.